The van der Waals surface area contributed by atoms with Gasteiger partial charge in [0.05, 0.1) is 13.2 Å². The molecule has 22 heavy (non-hydrogen) atoms. The molecule has 2 saturated carbocycles. The Bertz CT molecular complexity index is 469. The average molecular weight is 564 g/mol. The highest BCUT2D eigenvalue weighted by atomic mass is 79.9. The second-order valence-corrected chi connectivity index (χ2v) is 12.0. The first-order chi connectivity index (χ1) is 10.4. The molecular formula is C16H20Br4O2. The molecule has 0 aromatic carbocycles. The van der Waals surface area contributed by atoms with Crippen molar-refractivity contribution >= 4 is 63.7 Å². The maximum absolute atomic E-state index is 6.03. The third-order valence-electron chi connectivity index (χ3n) is 6.15. The van der Waals surface area contributed by atoms with E-state index in [0.717, 1.165) is 6.42 Å². The van der Waals surface area contributed by atoms with Gasteiger partial charge in [0.15, 0.2) is 5.79 Å². The molecule has 2 nitrogen and oxygen atoms in total. The molecule has 1 saturated heterocycles. The fourth-order valence-electron chi connectivity index (χ4n) is 5.08. The smallest absolute Gasteiger partial charge is 0.188 e. The van der Waals surface area contributed by atoms with Gasteiger partial charge >= 0.3 is 0 Å². The lowest BCUT2D eigenvalue weighted by molar-refractivity contribution is -0.181. The molecule has 0 bridgehead atoms. The molecule has 4 aliphatic rings. The fraction of sp³-hybridized carbons (Fsp3) is 0.875. The predicted octanol–water partition coefficient (Wildman–Crippen LogP) is 5.30. The van der Waals surface area contributed by atoms with Crippen LogP contribution in [0.1, 0.15) is 32.1 Å². The van der Waals surface area contributed by atoms with E-state index in [9.17, 15) is 0 Å². The number of alkyl halides is 4. The minimum atomic E-state index is -0.471. The molecule has 4 rings (SSSR count). The van der Waals surface area contributed by atoms with Crippen molar-refractivity contribution in [1.82, 2.24) is 0 Å². The second-order valence-electron chi connectivity index (χ2n) is 7.34. The highest BCUT2D eigenvalue weighted by Crippen LogP contribution is 2.68. The van der Waals surface area contributed by atoms with Crippen molar-refractivity contribution in [3.8, 4) is 0 Å². The number of halogens is 4. The van der Waals surface area contributed by atoms with Crippen LogP contribution < -0.4 is 0 Å². The molecule has 6 heteroatoms. The Labute approximate surface area is 165 Å². The maximum Gasteiger partial charge on any atom is 0.188 e. The first-order valence-corrected chi connectivity index (χ1v) is 11.6. The number of rotatable bonds is 0. The summed E-state index contributed by atoms with van der Waals surface area (Å²) in [6, 6.07) is 0. The third kappa shape index (κ3) is 2.49. The van der Waals surface area contributed by atoms with Gasteiger partial charge < -0.3 is 9.47 Å². The zero-order valence-electron chi connectivity index (χ0n) is 12.2. The summed E-state index contributed by atoms with van der Waals surface area (Å²) in [5.41, 5.74) is 0.480. The van der Waals surface area contributed by atoms with Crippen LogP contribution in [0.25, 0.3) is 0 Å². The average Bonchev–Trinajstić information content (AvgIpc) is 2.89. The largest absolute Gasteiger partial charge is 0.344 e. The summed E-state index contributed by atoms with van der Waals surface area (Å²) >= 11 is 15.7. The van der Waals surface area contributed by atoms with Crippen LogP contribution in [-0.2, 0) is 9.47 Å². The van der Waals surface area contributed by atoms with Crippen molar-refractivity contribution in [3.63, 3.8) is 0 Å². The zero-order chi connectivity index (χ0) is 15.6. The number of hydrogen-bond donors (Lipinski definition) is 0. The summed E-state index contributed by atoms with van der Waals surface area (Å²) in [5.74, 6) is -0.471. The standard InChI is InChI=1S/C16H20Br4O2/c17-10-5-14-1-2-16(21-3-4-22-16)9-15(14,7-12(10)19)8-13(20)11(18)6-14/h1-2,10-13H,3-9H2/t10-,11+,12-,13-,14?,15?/m0/s1. The molecule has 3 fully saturated rings. The van der Waals surface area contributed by atoms with Gasteiger partial charge in [-0.1, -0.05) is 69.8 Å². The predicted molar refractivity (Wildman–Crippen MR) is 103 cm³/mol. The van der Waals surface area contributed by atoms with Crippen molar-refractivity contribution in [2.75, 3.05) is 13.2 Å². The molecular weight excluding hydrogens is 544 g/mol. The number of ether oxygens (including phenoxy) is 2. The lowest BCUT2D eigenvalue weighted by atomic mass is 9.46. The van der Waals surface area contributed by atoms with Crippen molar-refractivity contribution < 1.29 is 9.47 Å². The molecule has 1 aliphatic heterocycles. The van der Waals surface area contributed by atoms with E-state index >= 15 is 0 Å². The monoisotopic (exact) mass is 560 g/mol. The van der Waals surface area contributed by atoms with Gasteiger partial charge in [-0.25, -0.2) is 0 Å². The molecule has 0 N–H and O–H groups in total. The van der Waals surface area contributed by atoms with Crippen LogP contribution in [0.2, 0.25) is 0 Å². The van der Waals surface area contributed by atoms with Crippen molar-refractivity contribution in [1.29, 1.82) is 0 Å². The fourth-order valence-corrected chi connectivity index (χ4v) is 8.22. The summed E-state index contributed by atoms with van der Waals surface area (Å²) in [4.78, 5) is 2.07. The topological polar surface area (TPSA) is 18.5 Å². The van der Waals surface area contributed by atoms with Crippen molar-refractivity contribution in [2.45, 2.75) is 57.2 Å². The van der Waals surface area contributed by atoms with Gasteiger partial charge in [0.1, 0.15) is 0 Å². The second kappa shape index (κ2) is 5.80. The third-order valence-corrected chi connectivity index (χ3v) is 11.4. The van der Waals surface area contributed by atoms with E-state index < -0.39 is 5.79 Å². The van der Waals surface area contributed by atoms with Gasteiger partial charge in [0.25, 0.3) is 0 Å². The highest BCUT2D eigenvalue weighted by Gasteiger charge is 2.64. The molecule has 0 aromatic heterocycles. The maximum atomic E-state index is 6.03. The van der Waals surface area contributed by atoms with Gasteiger partial charge in [-0.2, -0.15) is 0 Å². The zero-order valence-corrected chi connectivity index (χ0v) is 18.6. The van der Waals surface area contributed by atoms with E-state index in [2.05, 4.69) is 75.9 Å². The van der Waals surface area contributed by atoms with E-state index in [-0.39, 0.29) is 10.8 Å². The molecule has 0 aromatic rings. The number of allylic oxidation sites excluding steroid dienone is 1. The van der Waals surface area contributed by atoms with Crippen LogP contribution in [0.15, 0.2) is 12.2 Å². The van der Waals surface area contributed by atoms with Crippen LogP contribution in [0, 0.1) is 10.8 Å². The van der Waals surface area contributed by atoms with Gasteiger partial charge in [0, 0.05) is 25.7 Å². The molecule has 6 atom stereocenters. The molecule has 0 radical (unpaired) electrons. The van der Waals surface area contributed by atoms with Crippen LogP contribution in [-0.4, -0.2) is 38.3 Å². The Morgan fingerprint density at radius 1 is 0.727 bits per heavy atom. The van der Waals surface area contributed by atoms with Gasteiger partial charge in [-0.3, -0.25) is 0 Å². The lowest BCUT2D eigenvalue weighted by Gasteiger charge is -2.63. The van der Waals surface area contributed by atoms with Crippen molar-refractivity contribution in [2.24, 2.45) is 10.8 Å². The highest BCUT2D eigenvalue weighted by molar-refractivity contribution is 9.12. The van der Waals surface area contributed by atoms with E-state index in [4.69, 9.17) is 9.47 Å². The molecule has 0 amide bonds. The first kappa shape index (κ1) is 17.0. The minimum absolute atomic E-state index is 0.239. The van der Waals surface area contributed by atoms with E-state index in [1.165, 1.54) is 25.7 Å². The molecule has 2 unspecified atom stereocenters. The Balaban J connectivity index is 1.78. The van der Waals surface area contributed by atoms with Crippen molar-refractivity contribution in [3.05, 3.63) is 12.2 Å². The Hall–Kier alpha value is 1.58. The Morgan fingerprint density at radius 2 is 1.23 bits per heavy atom. The lowest BCUT2D eigenvalue weighted by Crippen LogP contribution is -2.60. The Morgan fingerprint density at radius 3 is 1.77 bits per heavy atom. The number of hydrogen-bond acceptors (Lipinski definition) is 2. The van der Waals surface area contributed by atoms with E-state index in [0.29, 0.717) is 32.5 Å². The van der Waals surface area contributed by atoms with Crippen LogP contribution in [0.5, 0.6) is 0 Å². The van der Waals surface area contributed by atoms with Crippen LogP contribution in [0.3, 0.4) is 0 Å². The van der Waals surface area contributed by atoms with Gasteiger partial charge in [-0.05, 0) is 42.6 Å². The molecule has 1 spiro atoms. The summed E-state index contributed by atoms with van der Waals surface area (Å²) in [6.07, 6.45) is 10.4. The minimum Gasteiger partial charge on any atom is -0.344 e. The molecule has 1 heterocycles. The normalized spacial score (nSPS) is 53.3. The molecule has 3 aliphatic carbocycles. The van der Waals surface area contributed by atoms with Gasteiger partial charge in [0.2, 0.25) is 0 Å². The summed E-state index contributed by atoms with van der Waals surface area (Å²) < 4.78 is 12.1. The summed E-state index contributed by atoms with van der Waals surface area (Å²) in [6.45, 7) is 1.43. The summed E-state index contributed by atoms with van der Waals surface area (Å²) in [5, 5.41) is 0. The SMILES string of the molecule is Br[C@@H]1CC23C=CC4(CC2(C[C@@H]1Br)C[C@H](Br)[C@@H](Br)C3)OCCO4. The molecule has 124 valence electrons. The first-order valence-electron chi connectivity index (χ1n) is 7.94. The van der Waals surface area contributed by atoms with E-state index in [1.54, 1.807) is 0 Å². The van der Waals surface area contributed by atoms with Crippen LogP contribution >= 0.6 is 63.7 Å². The summed E-state index contributed by atoms with van der Waals surface area (Å²) in [7, 11) is 0. The Kier molecular flexibility index (Phi) is 4.49. The van der Waals surface area contributed by atoms with E-state index in [1.807, 2.05) is 0 Å². The quantitative estimate of drug-likeness (QED) is 0.294. The van der Waals surface area contributed by atoms with Crippen LogP contribution in [0.4, 0.5) is 0 Å². The van der Waals surface area contributed by atoms with Gasteiger partial charge in [-0.15, -0.1) is 0 Å².